The fourth-order valence-corrected chi connectivity index (χ4v) is 3.76. The van der Waals surface area contributed by atoms with Crippen LogP contribution in [0, 0.1) is 12.7 Å². The molecule has 2 heterocycles. The first-order valence-corrected chi connectivity index (χ1v) is 10.4. The summed E-state index contributed by atoms with van der Waals surface area (Å²) in [6, 6.07) is 11.6. The van der Waals surface area contributed by atoms with Crippen molar-refractivity contribution in [3.05, 3.63) is 86.3 Å². The summed E-state index contributed by atoms with van der Waals surface area (Å²) in [6.45, 7) is 1.99. The molecule has 0 unspecified atom stereocenters. The van der Waals surface area contributed by atoms with Crippen molar-refractivity contribution in [2.24, 2.45) is 4.99 Å². The summed E-state index contributed by atoms with van der Waals surface area (Å²) in [5, 5.41) is 8.77. The van der Waals surface area contributed by atoms with Gasteiger partial charge in [-0.05, 0) is 42.3 Å². The van der Waals surface area contributed by atoms with E-state index in [2.05, 4.69) is 15.2 Å². The summed E-state index contributed by atoms with van der Waals surface area (Å²) in [6.07, 6.45) is 1.42. The Morgan fingerprint density at radius 3 is 2.83 bits per heavy atom. The van der Waals surface area contributed by atoms with Crippen molar-refractivity contribution < 1.29 is 13.2 Å². The highest BCUT2D eigenvalue weighted by atomic mass is 35.5. The number of benzene rings is 2. The van der Waals surface area contributed by atoms with Crippen LogP contribution in [-0.4, -0.2) is 16.4 Å². The first kappa shape index (κ1) is 20.3. The monoisotopic (exact) mass is 443 g/mol. The molecule has 0 aliphatic rings. The van der Waals surface area contributed by atoms with E-state index in [9.17, 15) is 9.18 Å². The van der Waals surface area contributed by atoms with Gasteiger partial charge in [-0.15, -0.1) is 16.9 Å². The third-order valence-corrected chi connectivity index (χ3v) is 5.46. The second-order valence-corrected chi connectivity index (χ2v) is 7.89. The average molecular weight is 444 g/mol. The van der Waals surface area contributed by atoms with E-state index in [-0.39, 0.29) is 16.7 Å². The van der Waals surface area contributed by atoms with Crippen LogP contribution < -0.4 is 5.63 Å². The van der Waals surface area contributed by atoms with Gasteiger partial charge in [0, 0.05) is 23.4 Å². The van der Waals surface area contributed by atoms with Crippen LogP contribution in [0.3, 0.4) is 0 Å². The zero-order valence-corrected chi connectivity index (χ0v) is 17.3. The van der Waals surface area contributed by atoms with E-state index in [4.69, 9.17) is 20.4 Å². The molecule has 0 saturated heterocycles. The van der Waals surface area contributed by atoms with Gasteiger partial charge in [-0.25, -0.2) is 14.2 Å². The van der Waals surface area contributed by atoms with Gasteiger partial charge in [0.1, 0.15) is 11.4 Å². The zero-order chi connectivity index (χ0) is 21.1. The number of rotatable bonds is 6. The Labute approximate surface area is 179 Å². The van der Waals surface area contributed by atoms with Crippen molar-refractivity contribution in [3.8, 4) is 0 Å². The molecule has 2 aromatic heterocycles. The molecular formula is C21H15ClFN3O3S. The molecule has 30 heavy (non-hydrogen) atoms. The van der Waals surface area contributed by atoms with Gasteiger partial charge in [-0.1, -0.05) is 34.4 Å². The molecule has 4 rings (SSSR count). The lowest BCUT2D eigenvalue weighted by atomic mass is 10.1. The number of nitrogens with zero attached hydrogens (tertiary/aromatic N) is 3. The van der Waals surface area contributed by atoms with Crippen LogP contribution in [0.1, 0.15) is 22.6 Å². The number of hydrogen-bond acceptors (Lipinski definition) is 7. The SMILES string of the molecule is Cc1ccc2oc(=O)cc(CSCc3nnc(/N=C/c4ccc(Cl)c(F)c4)o3)c2c1. The minimum Gasteiger partial charge on any atom is -0.423 e. The maximum Gasteiger partial charge on any atom is 0.342 e. The van der Waals surface area contributed by atoms with Crippen LogP contribution in [0.15, 0.2) is 61.1 Å². The van der Waals surface area contributed by atoms with E-state index in [0.29, 0.717) is 28.5 Å². The van der Waals surface area contributed by atoms with E-state index in [1.165, 1.54) is 36.2 Å². The molecule has 0 atom stereocenters. The topological polar surface area (TPSA) is 81.5 Å². The summed E-state index contributed by atoms with van der Waals surface area (Å²) in [4.78, 5) is 15.8. The van der Waals surface area contributed by atoms with Gasteiger partial charge in [0.15, 0.2) is 0 Å². The summed E-state index contributed by atoms with van der Waals surface area (Å²) in [5.41, 5.74) is 2.68. The largest absolute Gasteiger partial charge is 0.423 e. The fourth-order valence-electron chi connectivity index (χ4n) is 2.79. The first-order valence-electron chi connectivity index (χ1n) is 8.90. The minimum atomic E-state index is -0.527. The van der Waals surface area contributed by atoms with Crippen molar-refractivity contribution in [1.29, 1.82) is 0 Å². The van der Waals surface area contributed by atoms with Crippen molar-refractivity contribution in [2.45, 2.75) is 18.4 Å². The number of aromatic nitrogens is 2. The minimum absolute atomic E-state index is 0.0448. The molecule has 0 N–H and O–H groups in total. The molecule has 0 fully saturated rings. The Bertz CT molecular complexity index is 1300. The van der Waals surface area contributed by atoms with Gasteiger partial charge in [0.2, 0.25) is 5.89 Å². The van der Waals surface area contributed by atoms with Crippen LogP contribution in [0.4, 0.5) is 10.4 Å². The summed E-state index contributed by atoms with van der Waals surface area (Å²) < 4.78 is 24.2. The van der Waals surface area contributed by atoms with Gasteiger partial charge in [0.05, 0.1) is 10.8 Å². The lowest BCUT2D eigenvalue weighted by Crippen LogP contribution is -2.00. The van der Waals surface area contributed by atoms with Gasteiger partial charge < -0.3 is 8.83 Å². The number of thioether (sulfide) groups is 1. The molecule has 0 saturated carbocycles. The quantitative estimate of drug-likeness (QED) is 0.290. The Hall–Kier alpha value is -2.97. The standard InChI is InChI=1S/C21H15ClFN3O3S/c1-12-2-5-18-15(6-12)14(8-20(27)28-18)10-30-11-19-25-26-21(29-19)24-9-13-3-4-16(22)17(23)7-13/h2-9H,10-11H2,1H3/b24-9+. The third-order valence-electron chi connectivity index (χ3n) is 4.19. The maximum absolute atomic E-state index is 13.5. The number of halogens is 2. The molecule has 2 aromatic carbocycles. The molecule has 0 aliphatic heterocycles. The molecule has 6 nitrogen and oxygen atoms in total. The molecule has 0 amide bonds. The Morgan fingerprint density at radius 1 is 1.13 bits per heavy atom. The summed E-state index contributed by atoms with van der Waals surface area (Å²) in [5.74, 6) is 0.904. The zero-order valence-electron chi connectivity index (χ0n) is 15.8. The van der Waals surface area contributed by atoms with Gasteiger partial charge in [-0.2, -0.15) is 0 Å². The van der Waals surface area contributed by atoms with Gasteiger partial charge in [-0.3, -0.25) is 0 Å². The van der Waals surface area contributed by atoms with Gasteiger partial charge in [0.25, 0.3) is 0 Å². The predicted molar refractivity (Wildman–Crippen MR) is 115 cm³/mol. The third kappa shape index (κ3) is 4.77. The van der Waals surface area contributed by atoms with Crippen molar-refractivity contribution in [1.82, 2.24) is 10.2 Å². The lowest BCUT2D eigenvalue weighted by molar-refractivity contribution is 0.525. The highest BCUT2D eigenvalue weighted by molar-refractivity contribution is 7.97. The first-order chi connectivity index (χ1) is 14.5. The van der Waals surface area contributed by atoms with E-state index < -0.39 is 5.82 Å². The van der Waals surface area contributed by atoms with E-state index >= 15 is 0 Å². The number of aryl methyl sites for hydroxylation is 1. The van der Waals surface area contributed by atoms with E-state index in [0.717, 1.165) is 16.5 Å². The Balaban J connectivity index is 1.41. The molecule has 9 heteroatoms. The van der Waals surface area contributed by atoms with E-state index in [1.807, 2.05) is 19.1 Å². The lowest BCUT2D eigenvalue weighted by Gasteiger charge is -2.05. The molecular weight excluding hydrogens is 429 g/mol. The van der Waals surface area contributed by atoms with E-state index in [1.54, 1.807) is 12.1 Å². The Kier molecular flexibility index (Phi) is 5.96. The van der Waals surface area contributed by atoms with Crippen molar-refractivity contribution in [3.63, 3.8) is 0 Å². The van der Waals surface area contributed by atoms with Crippen LogP contribution >= 0.6 is 23.4 Å². The number of aliphatic imine (C=N–C) groups is 1. The molecule has 152 valence electrons. The van der Waals surface area contributed by atoms with Crippen molar-refractivity contribution in [2.75, 3.05) is 0 Å². The smallest absolute Gasteiger partial charge is 0.342 e. The number of hydrogen-bond donors (Lipinski definition) is 0. The van der Waals surface area contributed by atoms with Crippen LogP contribution in [-0.2, 0) is 11.5 Å². The highest BCUT2D eigenvalue weighted by Gasteiger charge is 2.09. The second kappa shape index (κ2) is 8.81. The van der Waals surface area contributed by atoms with Gasteiger partial charge >= 0.3 is 11.6 Å². The molecule has 0 spiro atoms. The normalized spacial score (nSPS) is 11.6. The summed E-state index contributed by atoms with van der Waals surface area (Å²) in [7, 11) is 0. The maximum atomic E-state index is 13.5. The molecule has 0 radical (unpaired) electrons. The van der Waals surface area contributed by atoms with Crippen LogP contribution in [0.2, 0.25) is 5.02 Å². The molecule has 0 aliphatic carbocycles. The molecule has 0 bridgehead atoms. The fraction of sp³-hybridized carbons (Fsp3) is 0.143. The number of fused-ring (bicyclic) bond motifs is 1. The van der Waals surface area contributed by atoms with Crippen LogP contribution in [0.25, 0.3) is 11.0 Å². The molecule has 4 aromatic rings. The average Bonchev–Trinajstić information content (AvgIpc) is 3.17. The highest BCUT2D eigenvalue weighted by Crippen LogP contribution is 2.25. The Morgan fingerprint density at radius 2 is 2.00 bits per heavy atom. The van der Waals surface area contributed by atoms with Crippen LogP contribution in [0.5, 0.6) is 0 Å². The van der Waals surface area contributed by atoms with Crippen molar-refractivity contribution >= 4 is 46.6 Å². The summed E-state index contributed by atoms with van der Waals surface area (Å²) >= 11 is 7.18. The second-order valence-electron chi connectivity index (χ2n) is 6.49. The predicted octanol–water partition coefficient (Wildman–Crippen LogP) is 5.46.